The van der Waals surface area contributed by atoms with Crippen LogP contribution >= 0.6 is 23.2 Å². The summed E-state index contributed by atoms with van der Waals surface area (Å²) in [6.45, 7) is 1.63. The van der Waals surface area contributed by atoms with Crippen LogP contribution in [0.3, 0.4) is 0 Å². The zero-order valence-electron chi connectivity index (χ0n) is 14.5. The van der Waals surface area contributed by atoms with Crippen molar-refractivity contribution in [2.75, 3.05) is 18.5 Å². The molecule has 6 nitrogen and oxygen atoms in total. The van der Waals surface area contributed by atoms with E-state index in [1.54, 1.807) is 18.2 Å². The molecule has 2 rings (SSSR count). The summed E-state index contributed by atoms with van der Waals surface area (Å²) in [5.41, 5.74) is 0.622. The normalized spacial score (nSPS) is 10.2. The van der Waals surface area contributed by atoms with E-state index in [0.717, 1.165) is 0 Å². The van der Waals surface area contributed by atoms with Gasteiger partial charge in [-0.15, -0.1) is 0 Å². The Bertz CT molecular complexity index is 854. The van der Waals surface area contributed by atoms with Crippen LogP contribution in [0, 0.1) is 0 Å². The highest BCUT2D eigenvalue weighted by molar-refractivity contribution is 6.34. The zero-order valence-corrected chi connectivity index (χ0v) is 16.0. The number of carbonyl (C=O) groups is 3. The van der Waals surface area contributed by atoms with E-state index in [9.17, 15) is 14.4 Å². The van der Waals surface area contributed by atoms with Crippen LogP contribution < -0.4 is 5.32 Å². The SMILES string of the molecule is CCCOC(=O)c1cc(NC(=O)COC(=O)c2ccccc2Cl)ccc1Cl. The summed E-state index contributed by atoms with van der Waals surface area (Å²) in [6, 6.07) is 10.7. The molecular weight excluding hydrogens is 393 g/mol. The topological polar surface area (TPSA) is 81.7 Å². The maximum Gasteiger partial charge on any atom is 0.340 e. The van der Waals surface area contributed by atoms with Crippen LogP contribution in [0.25, 0.3) is 0 Å². The van der Waals surface area contributed by atoms with E-state index in [-0.39, 0.29) is 27.8 Å². The van der Waals surface area contributed by atoms with Crippen LogP contribution in [0.5, 0.6) is 0 Å². The van der Waals surface area contributed by atoms with Crippen molar-refractivity contribution in [1.29, 1.82) is 0 Å². The van der Waals surface area contributed by atoms with Gasteiger partial charge in [0.25, 0.3) is 5.91 Å². The Hall–Kier alpha value is -2.57. The molecule has 2 aromatic carbocycles. The number of hydrogen-bond donors (Lipinski definition) is 1. The van der Waals surface area contributed by atoms with Gasteiger partial charge in [-0.25, -0.2) is 9.59 Å². The average Bonchev–Trinajstić information content (AvgIpc) is 2.66. The average molecular weight is 410 g/mol. The van der Waals surface area contributed by atoms with Crippen LogP contribution in [-0.4, -0.2) is 31.1 Å². The van der Waals surface area contributed by atoms with Gasteiger partial charge in [0.2, 0.25) is 0 Å². The Kier molecular flexibility index (Phi) is 7.64. The number of benzene rings is 2. The molecule has 0 atom stereocenters. The van der Waals surface area contributed by atoms with Gasteiger partial charge in [-0.1, -0.05) is 42.3 Å². The first-order valence-electron chi connectivity index (χ1n) is 8.10. The number of halogens is 2. The molecule has 0 heterocycles. The minimum atomic E-state index is -0.712. The van der Waals surface area contributed by atoms with Crippen LogP contribution in [0.2, 0.25) is 10.0 Å². The summed E-state index contributed by atoms with van der Waals surface area (Å²) in [5.74, 6) is -1.87. The molecule has 1 amide bonds. The molecule has 0 radical (unpaired) electrons. The molecule has 0 aliphatic rings. The van der Waals surface area contributed by atoms with Gasteiger partial charge in [-0.3, -0.25) is 4.79 Å². The van der Waals surface area contributed by atoms with E-state index in [1.807, 2.05) is 6.92 Å². The number of rotatable bonds is 7. The van der Waals surface area contributed by atoms with E-state index in [0.29, 0.717) is 12.1 Å². The largest absolute Gasteiger partial charge is 0.462 e. The second-order valence-corrected chi connectivity index (χ2v) is 6.25. The second-order valence-electron chi connectivity index (χ2n) is 5.43. The predicted molar refractivity (Wildman–Crippen MR) is 102 cm³/mol. The van der Waals surface area contributed by atoms with Crippen molar-refractivity contribution in [3.8, 4) is 0 Å². The molecule has 0 spiro atoms. The van der Waals surface area contributed by atoms with E-state index < -0.39 is 24.5 Å². The number of hydrogen-bond acceptors (Lipinski definition) is 5. The fourth-order valence-corrected chi connectivity index (χ4v) is 2.47. The van der Waals surface area contributed by atoms with Gasteiger partial charge in [0.1, 0.15) is 0 Å². The standard InChI is InChI=1S/C19H17Cl2NO5/c1-2-9-26-19(25)14-10-12(7-8-16(14)21)22-17(23)11-27-18(24)13-5-3-4-6-15(13)20/h3-8,10H,2,9,11H2,1H3,(H,22,23). The summed E-state index contributed by atoms with van der Waals surface area (Å²) in [4.78, 5) is 35.9. The molecule has 0 fully saturated rings. The first kappa shape index (κ1) is 20.7. The second kappa shape index (κ2) is 9.94. The van der Waals surface area contributed by atoms with Gasteiger partial charge in [0.05, 0.1) is 27.8 Å². The van der Waals surface area contributed by atoms with Crippen molar-refractivity contribution in [2.24, 2.45) is 0 Å². The van der Waals surface area contributed by atoms with Crippen molar-refractivity contribution < 1.29 is 23.9 Å². The first-order valence-corrected chi connectivity index (χ1v) is 8.86. The third kappa shape index (κ3) is 5.98. The van der Waals surface area contributed by atoms with Crippen molar-refractivity contribution in [3.05, 3.63) is 63.6 Å². The number of carbonyl (C=O) groups excluding carboxylic acids is 3. The maximum absolute atomic E-state index is 12.0. The van der Waals surface area contributed by atoms with Crippen molar-refractivity contribution in [3.63, 3.8) is 0 Å². The molecule has 0 aliphatic heterocycles. The Morgan fingerprint density at radius 2 is 1.59 bits per heavy atom. The lowest BCUT2D eigenvalue weighted by atomic mass is 10.2. The van der Waals surface area contributed by atoms with Crippen molar-refractivity contribution in [2.45, 2.75) is 13.3 Å². The van der Waals surface area contributed by atoms with E-state index in [2.05, 4.69) is 5.32 Å². The Morgan fingerprint density at radius 1 is 0.926 bits per heavy atom. The summed E-state index contributed by atoms with van der Waals surface area (Å²) < 4.78 is 9.98. The summed E-state index contributed by atoms with van der Waals surface area (Å²) in [6.07, 6.45) is 0.677. The molecule has 1 N–H and O–H groups in total. The fraction of sp³-hybridized carbons (Fsp3) is 0.211. The van der Waals surface area contributed by atoms with Crippen LogP contribution in [-0.2, 0) is 14.3 Å². The summed E-state index contributed by atoms with van der Waals surface area (Å²) >= 11 is 11.9. The van der Waals surface area contributed by atoms with Gasteiger partial charge in [-0.2, -0.15) is 0 Å². The highest BCUT2D eigenvalue weighted by Crippen LogP contribution is 2.22. The van der Waals surface area contributed by atoms with Gasteiger partial charge in [0, 0.05) is 5.69 Å². The Labute approximate surface area is 166 Å². The molecule has 142 valence electrons. The third-order valence-electron chi connectivity index (χ3n) is 3.34. The lowest BCUT2D eigenvalue weighted by molar-refractivity contribution is -0.119. The third-order valence-corrected chi connectivity index (χ3v) is 3.99. The maximum atomic E-state index is 12.0. The monoisotopic (exact) mass is 409 g/mol. The fourth-order valence-electron chi connectivity index (χ4n) is 2.06. The molecular formula is C19H17Cl2NO5. The van der Waals surface area contributed by atoms with Crippen molar-refractivity contribution >= 4 is 46.7 Å². The van der Waals surface area contributed by atoms with Crippen molar-refractivity contribution in [1.82, 2.24) is 0 Å². The van der Waals surface area contributed by atoms with Crippen LogP contribution in [0.4, 0.5) is 5.69 Å². The van der Waals surface area contributed by atoms with Gasteiger partial charge in [0.15, 0.2) is 6.61 Å². The minimum absolute atomic E-state index is 0.135. The summed E-state index contributed by atoms with van der Waals surface area (Å²) in [5, 5.41) is 2.97. The lowest BCUT2D eigenvalue weighted by Gasteiger charge is -2.10. The molecule has 0 unspecified atom stereocenters. The summed E-state index contributed by atoms with van der Waals surface area (Å²) in [7, 11) is 0. The number of esters is 2. The highest BCUT2D eigenvalue weighted by Gasteiger charge is 2.15. The van der Waals surface area contributed by atoms with E-state index in [4.69, 9.17) is 32.7 Å². The smallest absolute Gasteiger partial charge is 0.340 e. The highest BCUT2D eigenvalue weighted by atomic mass is 35.5. The molecule has 0 saturated heterocycles. The number of nitrogens with one attached hydrogen (secondary N) is 1. The molecule has 0 saturated carbocycles. The number of anilines is 1. The molecule has 0 aliphatic carbocycles. The van der Waals surface area contributed by atoms with Gasteiger partial charge >= 0.3 is 11.9 Å². The number of amides is 1. The van der Waals surface area contributed by atoms with E-state index >= 15 is 0 Å². The van der Waals surface area contributed by atoms with E-state index in [1.165, 1.54) is 24.3 Å². The zero-order chi connectivity index (χ0) is 19.8. The minimum Gasteiger partial charge on any atom is -0.462 e. The molecule has 27 heavy (non-hydrogen) atoms. The lowest BCUT2D eigenvalue weighted by Crippen LogP contribution is -2.21. The number of ether oxygens (including phenoxy) is 2. The molecule has 2 aromatic rings. The van der Waals surface area contributed by atoms with Gasteiger partial charge < -0.3 is 14.8 Å². The quantitative estimate of drug-likeness (QED) is 0.687. The molecule has 0 bridgehead atoms. The molecule has 0 aromatic heterocycles. The Morgan fingerprint density at radius 3 is 2.30 bits per heavy atom. The molecule has 8 heteroatoms. The predicted octanol–water partition coefficient (Wildman–Crippen LogP) is 4.36. The Balaban J connectivity index is 1.96. The first-order chi connectivity index (χ1) is 12.9. The van der Waals surface area contributed by atoms with Crippen LogP contribution in [0.1, 0.15) is 34.1 Å². The van der Waals surface area contributed by atoms with Gasteiger partial charge in [-0.05, 0) is 36.8 Å². The van der Waals surface area contributed by atoms with Crippen LogP contribution in [0.15, 0.2) is 42.5 Å².